The zero-order chi connectivity index (χ0) is 14.1. The van der Waals surface area contributed by atoms with Crippen LogP contribution >= 0.6 is 0 Å². The molecule has 0 unspecified atom stereocenters. The molecule has 1 aromatic carbocycles. The van der Waals surface area contributed by atoms with Gasteiger partial charge in [-0.1, -0.05) is 0 Å². The van der Waals surface area contributed by atoms with Gasteiger partial charge in [-0.25, -0.2) is 14.4 Å². The number of nitrogens with zero attached hydrogens (tertiary/aromatic N) is 2. The summed E-state index contributed by atoms with van der Waals surface area (Å²) in [6.07, 6.45) is 2.34. The topological polar surface area (TPSA) is 47.0 Å². The van der Waals surface area contributed by atoms with Crippen molar-refractivity contribution in [3.8, 4) is 17.0 Å². The monoisotopic (exact) mass is 273 g/mol. The molecule has 5 heteroatoms. The summed E-state index contributed by atoms with van der Waals surface area (Å²) in [4.78, 5) is 8.74. The van der Waals surface area contributed by atoms with Crippen LogP contribution in [0.5, 0.6) is 5.75 Å². The third-order valence-electron chi connectivity index (χ3n) is 3.20. The lowest BCUT2D eigenvalue weighted by atomic mass is 10.1. The Morgan fingerprint density at radius 1 is 1.25 bits per heavy atom. The van der Waals surface area contributed by atoms with Crippen LogP contribution in [0, 0.1) is 12.7 Å². The molecular weight excluding hydrogens is 257 g/mol. The number of nitrogens with one attached hydrogen (secondary N) is 1. The van der Waals surface area contributed by atoms with Crippen molar-refractivity contribution in [2.75, 3.05) is 12.4 Å². The van der Waals surface area contributed by atoms with Crippen molar-refractivity contribution in [2.45, 2.75) is 25.8 Å². The standard InChI is InChI=1S/C15H16FN3O/c1-9-17-13(8-15(18-9)19-11-4-5-11)12-7-10(16)3-6-14(12)20-2/h3,6-8,11H,4-5H2,1-2H3,(H,17,18,19). The Kier molecular flexibility index (Phi) is 3.26. The van der Waals surface area contributed by atoms with Crippen molar-refractivity contribution in [2.24, 2.45) is 0 Å². The molecule has 4 nitrogen and oxygen atoms in total. The van der Waals surface area contributed by atoms with Crippen molar-refractivity contribution in [1.82, 2.24) is 9.97 Å². The molecule has 0 spiro atoms. The highest BCUT2D eigenvalue weighted by molar-refractivity contribution is 5.69. The van der Waals surface area contributed by atoms with Gasteiger partial charge in [-0.2, -0.15) is 0 Å². The normalized spacial score (nSPS) is 14.2. The molecular formula is C15H16FN3O. The number of anilines is 1. The lowest BCUT2D eigenvalue weighted by Crippen LogP contribution is -2.05. The van der Waals surface area contributed by atoms with Gasteiger partial charge in [0.2, 0.25) is 0 Å². The molecule has 0 amide bonds. The average Bonchev–Trinajstić information content (AvgIpc) is 3.22. The van der Waals surface area contributed by atoms with Gasteiger partial charge in [0.05, 0.1) is 12.8 Å². The first-order valence-electron chi connectivity index (χ1n) is 6.62. The number of benzene rings is 1. The van der Waals surface area contributed by atoms with Crippen LogP contribution in [-0.4, -0.2) is 23.1 Å². The maximum atomic E-state index is 13.5. The fourth-order valence-electron chi connectivity index (χ4n) is 2.10. The highest BCUT2D eigenvalue weighted by Gasteiger charge is 2.22. The highest BCUT2D eigenvalue weighted by atomic mass is 19.1. The van der Waals surface area contributed by atoms with Crippen LogP contribution in [0.1, 0.15) is 18.7 Å². The van der Waals surface area contributed by atoms with E-state index in [4.69, 9.17) is 4.74 Å². The third-order valence-corrected chi connectivity index (χ3v) is 3.20. The Bertz CT molecular complexity index is 641. The first-order chi connectivity index (χ1) is 9.65. The summed E-state index contributed by atoms with van der Waals surface area (Å²) >= 11 is 0. The van der Waals surface area contributed by atoms with Gasteiger partial charge >= 0.3 is 0 Å². The minimum atomic E-state index is -0.311. The molecule has 0 bridgehead atoms. The minimum Gasteiger partial charge on any atom is -0.496 e. The van der Waals surface area contributed by atoms with Crippen molar-refractivity contribution >= 4 is 5.82 Å². The van der Waals surface area contributed by atoms with E-state index in [-0.39, 0.29) is 5.82 Å². The van der Waals surface area contributed by atoms with Crippen LogP contribution in [0.15, 0.2) is 24.3 Å². The van der Waals surface area contributed by atoms with Crippen LogP contribution in [-0.2, 0) is 0 Å². The molecule has 0 radical (unpaired) electrons. The van der Waals surface area contributed by atoms with Gasteiger partial charge in [0.15, 0.2) is 0 Å². The fourth-order valence-corrected chi connectivity index (χ4v) is 2.10. The summed E-state index contributed by atoms with van der Waals surface area (Å²) < 4.78 is 18.8. The summed E-state index contributed by atoms with van der Waals surface area (Å²) in [7, 11) is 1.56. The summed E-state index contributed by atoms with van der Waals surface area (Å²) in [5.41, 5.74) is 1.30. The molecule has 1 fully saturated rings. The van der Waals surface area contributed by atoms with Crippen molar-refractivity contribution in [3.05, 3.63) is 35.9 Å². The number of rotatable bonds is 4. The van der Waals surface area contributed by atoms with E-state index in [0.717, 1.165) is 5.82 Å². The van der Waals surface area contributed by atoms with E-state index in [1.807, 2.05) is 13.0 Å². The van der Waals surface area contributed by atoms with Crippen molar-refractivity contribution < 1.29 is 9.13 Å². The second kappa shape index (κ2) is 5.07. The van der Waals surface area contributed by atoms with Crippen LogP contribution < -0.4 is 10.1 Å². The molecule has 1 aliphatic carbocycles. The predicted molar refractivity (Wildman–Crippen MR) is 75.4 cm³/mol. The Labute approximate surface area is 117 Å². The second-order valence-electron chi connectivity index (χ2n) is 4.95. The molecule has 1 heterocycles. The van der Waals surface area contributed by atoms with E-state index >= 15 is 0 Å². The Morgan fingerprint density at radius 2 is 2.05 bits per heavy atom. The minimum absolute atomic E-state index is 0.311. The highest BCUT2D eigenvalue weighted by Crippen LogP contribution is 2.31. The molecule has 3 rings (SSSR count). The van der Waals surface area contributed by atoms with Crippen LogP contribution in [0.25, 0.3) is 11.3 Å². The molecule has 1 aliphatic rings. The van der Waals surface area contributed by atoms with Crippen LogP contribution in [0.4, 0.5) is 10.2 Å². The van der Waals surface area contributed by atoms with Crippen LogP contribution in [0.3, 0.4) is 0 Å². The first kappa shape index (κ1) is 12.8. The van der Waals surface area contributed by atoms with Gasteiger partial charge in [-0.05, 0) is 38.0 Å². The van der Waals surface area contributed by atoms with Gasteiger partial charge < -0.3 is 10.1 Å². The molecule has 104 valence electrons. The van der Waals surface area contributed by atoms with E-state index in [9.17, 15) is 4.39 Å². The average molecular weight is 273 g/mol. The zero-order valence-electron chi connectivity index (χ0n) is 11.5. The Morgan fingerprint density at radius 3 is 2.75 bits per heavy atom. The number of aromatic nitrogens is 2. The summed E-state index contributed by atoms with van der Waals surface area (Å²) in [6, 6.07) is 6.76. The van der Waals surface area contributed by atoms with E-state index < -0.39 is 0 Å². The van der Waals surface area contributed by atoms with Gasteiger partial charge in [0, 0.05) is 17.7 Å². The molecule has 0 atom stereocenters. The lowest BCUT2D eigenvalue weighted by Gasteiger charge is -2.11. The van der Waals surface area contributed by atoms with Crippen LogP contribution in [0.2, 0.25) is 0 Å². The fraction of sp³-hybridized carbons (Fsp3) is 0.333. The molecule has 0 aliphatic heterocycles. The summed E-state index contributed by atoms with van der Waals surface area (Å²) in [5, 5.41) is 3.33. The quantitative estimate of drug-likeness (QED) is 0.929. The Balaban J connectivity index is 2.04. The van der Waals surface area contributed by atoms with Crippen molar-refractivity contribution in [1.29, 1.82) is 0 Å². The van der Waals surface area contributed by atoms with Gasteiger partial charge in [-0.3, -0.25) is 0 Å². The first-order valence-corrected chi connectivity index (χ1v) is 6.62. The van der Waals surface area contributed by atoms with Gasteiger partial charge in [0.1, 0.15) is 23.2 Å². The SMILES string of the molecule is COc1ccc(F)cc1-c1cc(NC2CC2)nc(C)n1. The smallest absolute Gasteiger partial charge is 0.130 e. The number of ether oxygens (including phenoxy) is 1. The number of aryl methyl sites for hydroxylation is 1. The largest absolute Gasteiger partial charge is 0.496 e. The molecule has 2 aromatic rings. The molecule has 1 N–H and O–H groups in total. The zero-order valence-corrected chi connectivity index (χ0v) is 11.5. The molecule has 1 saturated carbocycles. The van der Waals surface area contributed by atoms with E-state index in [2.05, 4.69) is 15.3 Å². The number of hydrogen-bond acceptors (Lipinski definition) is 4. The van der Waals surface area contributed by atoms with E-state index in [1.165, 1.54) is 25.0 Å². The summed E-state index contributed by atoms with van der Waals surface area (Å²) in [6.45, 7) is 1.83. The molecule has 1 aromatic heterocycles. The maximum absolute atomic E-state index is 13.5. The number of halogens is 1. The number of methoxy groups -OCH3 is 1. The van der Waals surface area contributed by atoms with E-state index in [1.54, 1.807) is 13.2 Å². The molecule has 0 saturated heterocycles. The van der Waals surface area contributed by atoms with E-state index in [0.29, 0.717) is 28.9 Å². The Hall–Kier alpha value is -2.17. The predicted octanol–water partition coefficient (Wildman–Crippen LogP) is 3.17. The second-order valence-corrected chi connectivity index (χ2v) is 4.95. The molecule has 20 heavy (non-hydrogen) atoms. The van der Waals surface area contributed by atoms with Gasteiger partial charge in [0.25, 0.3) is 0 Å². The third kappa shape index (κ3) is 2.71. The summed E-state index contributed by atoms with van der Waals surface area (Å²) in [5.74, 6) is 1.72. The lowest BCUT2D eigenvalue weighted by molar-refractivity contribution is 0.415. The van der Waals surface area contributed by atoms with Crippen molar-refractivity contribution in [3.63, 3.8) is 0 Å². The van der Waals surface area contributed by atoms with Gasteiger partial charge in [-0.15, -0.1) is 0 Å². The maximum Gasteiger partial charge on any atom is 0.130 e. The number of hydrogen-bond donors (Lipinski definition) is 1.